The number of unbranched alkanes of at least 4 members (excludes halogenated alkanes) is 3. The molecule has 8 bridgehead atoms. The van der Waals surface area contributed by atoms with Crippen LogP contribution in [0.15, 0.2) is 249 Å². The van der Waals surface area contributed by atoms with Crippen LogP contribution < -0.4 is 4.57 Å². The maximum Gasteiger partial charge on any atom is 0.176 e. The summed E-state index contributed by atoms with van der Waals surface area (Å²) in [5, 5.41) is 0. The van der Waals surface area contributed by atoms with E-state index in [1.165, 1.54) is 34.3 Å². The highest BCUT2D eigenvalue weighted by Gasteiger charge is 2.28. The van der Waals surface area contributed by atoms with Crippen LogP contribution in [0.3, 0.4) is 0 Å². The minimum atomic E-state index is 0.862. The van der Waals surface area contributed by atoms with Gasteiger partial charge in [0.1, 0.15) is 6.54 Å². The Kier molecular flexibility index (Phi) is 12.2. The summed E-state index contributed by atoms with van der Waals surface area (Å²) in [6, 6.07) is 30.4. The van der Waals surface area contributed by atoms with Crippen molar-refractivity contribution >= 4 is 45.1 Å². The molecule has 70 heavy (non-hydrogen) atoms. The van der Waals surface area contributed by atoms with E-state index in [-0.39, 0.29) is 0 Å². The molecule has 8 heterocycles. The number of aliphatic imine (C=N–C) groups is 4. The lowest BCUT2D eigenvalue weighted by Crippen LogP contribution is -2.33. The third kappa shape index (κ3) is 9.31. The number of pyridine rings is 1. The number of hydrogen-bond donors (Lipinski definition) is 0. The van der Waals surface area contributed by atoms with Crippen molar-refractivity contribution in [3.63, 3.8) is 0 Å². The van der Waals surface area contributed by atoms with Crippen molar-refractivity contribution in [1.29, 1.82) is 0 Å². The smallest absolute Gasteiger partial charge is 0.176 e. The van der Waals surface area contributed by atoms with E-state index in [2.05, 4.69) is 230 Å². The van der Waals surface area contributed by atoms with Crippen molar-refractivity contribution in [3.8, 4) is 0 Å². The number of benzene rings is 3. The van der Waals surface area contributed by atoms with E-state index in [9.17, 15) is 0 Å². The van der Waals surface area contributed by atoms with Gasteiger partial charge in [0.15, 0.2) is 12.4 Å². The third-order valence-corrected chi connectivity index (χ3v) is 13.6. The summed E-state index contributed by atoms with van der Waals surface area (Å²) >= 11 is 0. The Hall–Kier alpha value is -8.29. The van der Waals surface area contributed by atoms with E-state index < -0.39 is 0 Å². The molecule has 0 saturated heterocycles. The lowest BCUT2D eigenvalue weighted by Gasteiger charge is -2.20. The van der Waals surface area contributed by atoms with Crippen molar-refractivity contribution in [2.45, 2.75) is 53.0 Å². The van der Waals surface area contributed by atoms with Crippen LogP contribution in [-0.2, 0) is 6.54 Å². The maximum absolute atomic E-state index is 5.51. The first-order chi connectivity index (χ1) is 34.3. The number of aromatic nitrogens is 1. The van der Waals surface area contributed by atoms with Gasteiger partial charge in [0.05, 0.1) is 51.2 Å². The number of fused-ring (bicyclic) bond motifs is 4. The van der Waals surface area contributed by atoms with E-state index in [4.69, 9.17) is 20.0 Å². The van der Waals surface area contributed by atoms with Crippen LogP contribution in [0.4, 0.5) is 0 Å². The van der Waals surface area contributed by atoms with Gasteiger partial charge in [0.25, 0.3) is 0 Å². The maximum atomic E-state index is 5.51. The Morgan fingerprint density at radius 2 is 0.786 bits per heavy atom. The molecule has 4 aromatic rings. The van der Waals surface area contributed by atoms with Gasteiger partial charge in [-0.2, -0.15) is 0 Å². The molecule has 0 N–H and O–H groups in total. The molecule has 3 aromatic carbocycles. The summed E-state index contributed by atoms with van der Waals surface area (Å²) in [4.78, 5) is 26.3. The van der Waals surface area contributed by atoms with Gasteiger partial charge in [-0.15, -0.1) is 0 Å². The largest absolute Gasteiger partial charge is 0.357 e. The molecular weight excluding hydrogens is 855 g/mol. The average molecular weight is 911 g/mol. The average Bonchev–Trinajstić information content (AvgIpc) is 4.24. The van der Waals surface area contributed by atoms with Gasteiger partial charge in [0, 0.05) is 73.2 Å². The fourth-order valence-electron chi connectivity index (χ4n) is 9.67. The first kappa shape index (κ1) is 44.2. The lowest BCUT2D eigenvalue weighted by molar-refractivity contribution is -0.697. The third-order valence-electron chi connectivity index (χ3n) is 13.6. The number of rotatable bonds is 11. The number of hydrogen-bond acceptors (Lipinski definition) is 6. The monoisotopic (exact) mass is 910 g/mol. The molecule has 0 atom stereocenters. The Morgan fingerprint density at radius 1 is 0.400 bits per heavy atom. The van der Waals surface area contributed by atoms with E-state index >= 15 is 0 Å². The molecule has 7 aliphatic rings. The summed E-state index contributed by atoms with van der Waals surface area (Å²) in [5.41, 5.74) is 21.1. The van der Waals surface area contributed by atoms with Crippen molar-refractivity contribution in [1.82, 2.24) is 9.80 Å². The Labute approximate surface area is 412 Å². The Morgan fingerprint density at radius 3 is 1.21 bits per heavy atom. The van der Waals surface area contributed by atoms with Crippen LogP contribution in [0, 0.1) is 20.8 Å². The molecule has 7 aliphatic heterocycles. The van der Waals surface area contributed by atoms with Crippen LogP contribution in [0.2, 0.25) is 0 Å². The van der Waals surface area contributed by atoms with Crippen LogP contribution in [0.5, 0.6) is 0 Å². The normalized spacial score (nSPS) is 17.9. The molecule has 0 unspecified atom stereocenters. The Balaban J connectivity index is 0.943. The van der Waals surface area contributed by atoms with Crippen molar-refractivity contribution in [3.05, 3.63) is 268 Å². The fraction of sp³-hybridized carbons (Fsp3) is 0.159. The second-order valence-electron chi connectivity index (χ2n) is 18.8. The predicted octanol–water partition coefficient (Wildman–Crippen LogP) is 13.1. The zero-order valence-electron chi connectivity index (χ0n) is 40.3. The minimum absolute atomic E-state index is 0.862. The highest BCUT2D eigenvalue weighted by Crippen LogP contribution is 2.38. The molecular formula is C63H56N7+. The van der Waals surface area contributed by atoms with Crippen molar-refractivity contribution < 1.29 is 4.57 Å². The van der Waals surface area contributed by atoms with E-state index in [0.29, 0.717) is 0 Å². The van der Waals surface area contributed by atoms with Crippen molar-refractivity contribution in [2.24, 2.45) is 20.0 Å². The van der Waals surface area contributed by atoms with Gasteiger partial charge in [-0.1, -0.05) is 95.9 Å². The van der Waals surface area contributed by atoms with Gasteiger partial charge >= 0.3 is 0 Å². The van der Waals surface area contributed by atoms with Crippen LogP contribution >= 0.6 is 0 Å². The van der Waals surface area contributed by atoms with Gasteiger partial charge in [-0.3, -0.25) is 0 Å². The van der Waals surface area contributed by atoms with Gasteiger partial charge in [-0.25, -0.2) is 24.5 Å². The molecule has 0 radical (unpaired) electrons. The molecule has 11 rings (SSSR count). The quantitative estimate of drug-likeness (QED) is 0.111. The summed E-state index contributed by atoms with van der Waals surface area (Å²) in [7, 11) is 2.05. The lowest BCUT2D eigenvalue weighted by atomic mass is 9.97. The highest BCUT2D eigenvalue weighted by atomic mass is 15.1. The zero-order valence-corrected chi connectivity index (χ0v) is 40.3. The molecule has 342 valence electrons. The standard InChI is InChI=1S/C63H56N7/c1-43-11-17-48(18-12-43)60-52-23-25-54(64-52)61(49-19-13-44(2)14-20-49)56-27-29-58(66-56)63(59-30-28-57(67-59)62(55-26-24-53(60)65-55)50-21-15-45(3)16-22-50)51-10-9-37-70(42-51)36-8-6-5-7-35-69-40-33-47(34-41-69)46-31-38-68(4)39-32-46/h9-34,37-42H,5-8,35-36H2,1-4H3/q+1. The topological polar surface area (TPSA) is 59.8 Å². The number of nitrogens with zero attached hydrogens (tertiary/aromatic N) is 7. The molecule has 0 saturated carbocycles. The Bertz CT molecular complexity index is 3280. The first-order valence-electron chi connectivity index (χ1n) is 24.5. The van der Waals surface area contributed by atoms with Crippen LogP contribution in [0.25, 0.3) is 22.3 Å². The molecule has 7 nitrogen and oxygen atoms in total. The van der Waals surface area contributed by atoms with E-state index in [1.807, 2.05) is 7.05 Å². The molecule has 0 aliphatic carbocycles. The van der Waals surface area contributed by atoms with Crippen LogP contribution in [0.1, 0.15) is 64.6 Å². The first-order valence-corrected chi connectivity index (χ1v) is 24.5. The summed E-state index contributed by atoms with van der Waals surface area (Å²) in [5.74, 6) is 0. The SMILES string of the molecule is Cc1ccc(C2=C3C=CC(=N3)C(c3ccc(C)cc3)=C3C=CC(=N3)C(c3ccc[n+](CCCCCCN4C=CC(=C5C=CN(C)C=C5)C=C4)c3)=C3C=CC(=N3)C(c3ccc(C)cc3)=C3C=CC2=N3)cc1. The summed E-state index contributed by atoms with van der Waals surface area (Å²) < 4.78 is 2.33. The van der Waals surface area contributed by atoms with E-state index in [1.54, 1.807) is 0 Å². The molecule has 0 fully saturated rings. The highest BCUT2D eigenvalue weighted by molar-refractivity contribution is 6.39. The van der Waals surface area contributed by atoms with Crippen molar-refractivity contribution in [2.75, 3.05) is 13.6 Å². The summed E-state index contributed by atoms with van der Waals surface area (Å²) in [6.07, 6.45) is 43.5. The second kappa shape index (κ2) is 19.4. The second-order valence-corrected chi connectivity index (χ2v) is 18.8. The van der Waals surface area contributed by atoms with Gasteiger partial charge < -0.3 is 9.80 Å². The zero-order chi connectivity index (χ0) is 47.6. The van der Waals surface area contributed by atoms with E-state index in [0.717, 1.165) is 123 Å². The molecule has 0 spiro atoms. The van der Waals surface area contributed by atoms with Gasteiger partial charge in [-0.05, 0) is 140 Å². The molecule has 7 heteroatoms. The van der Waals surface area contributed by atoms with Crippen LogP contribution in [-0.4, -0.2) is 46.2 Å². The minimum Gasteiger partial charge on any atom is -0.357 e. The number of aryl methyl sites for hydroxylation is 4. The summed E-state index contributed by atoms with van der Waals surface area (Å²) in [6.45, 7) is 8.30. The number of allylic oxidation sites excluding steroid dienone is 18. The van der Waals surface area contributed by atoms with Gasteiger partial charge in [0.2, 0.25) is 0 Å². The fourth-order valence-corrected chi connectivity index (χ4v) is 9.67. The molecule has 1 aromatic heterocycles. The molecule has 0 amide bonds. The predicted molar refractivity (Wildman–Crippen MR) is 291 cm³/mol.